The molecule has 0 heterocycles. The van der Waals surface area contributed by atoms with Gasteiger partial charge in [-0.3, -0.25) is 14.4 Å². The highest BCUT2D eigenvalue weighted by Crippen LogP contribution is 2.16. The van der Waals surface area contributed by atoms with Crippen molar-refractivity contribution in [3.63, 3.8) is 0 Å². The SMILES string of the molecule is CC/C=C\C/C=C\C/C=C\C/C=C\C/C=C\C/C=C\C/C=C\CCCC(=O)OCC(COC(=O)C/C=C\C/C=C\C/C=C\C/C=C\C/C=C\CC)OC(=O)CCCCCCCCCCCCCCCCCCCCCCCC. The Morgan fingerprint density at radius 2 is 0.551 bits per heavy atom. The molecule has 0 spiro atoms. The van der Waals surface area contributed by atoms with Crippen molar-refractivity contribution < 1.29 is 28.6 Å². The average Bonchev–Trinajstić information content (AvgIpc) is 3.44. The fraction of sp³-hybridized carbons (Fsp3) is 0.625. The van der Waals surface area contributed by atoms with Crippen molar-refractivity contribution >= 4 is 17.9 Å². The monoisotopic (exact) mass is 1080 g/mol. The molecule has 1 unspecified atom stereocenters. The third-order valence-electron chi connectivity index (χ3n) is 13.1. The summed E-state index contributed by atoms with van der Waals surface area (Å²) in [5.41, 5.74) is 0. The first-order chi connectivity index (χ1) is 38.5. The van der Waals surface area contributed by atoms with Crippen LogP contribution in [0.1, 0.15) is 271 Å². The van der Waals surface area contributed by atoms with Gasteiger partial charge in [-0.2, -0.15) is 0 Å². The fourth-order valence-corrected chi connectivity index (χ4v) is 8.45. The van der Waals surface area contributed by atoms with E-state index in [1.54, 1.807) is 6.08 Å². The molecule has 0 N–H and O–H groups in total. The highest BCUT2D eigenvalue weighted by molar-refractivity contribution is 5.72. The summed E-state index contributed by atoms with van der Waals surface area (Å²) in [6.07, 6.45) is 93.2. The molecular formula is C72H116O6. The number of carbonyl (C=O) groups excluding carboxylic acids is 3. The first-order valence-corrected chi connectivity index (χ1v) is 31.8. The van der Waals surface area contributed by atoms with Crippen molar-refractivity contribution in [3.8, 4) is 0 Å². The van der Waals surface area contributed by atoms with E-state index in [1.807, 2.05) is 6.08 Å². The van der Waals surface area contributed by atoms with Gasteiger partial charge in [0.05, 0.1) is 6.42 Å². The third kappa shape index (κ3) is 62.1. The van der Waals surface area contributed by atoms with Gasteiger partial charge in [0.25, 0.3) is 0 Å². The van der Waals surface area contributed by atoms with Crippen molar-refractivity contribution in [2.24, 2.45) is 0 Å². The minimum absolute atomic E-state index is 0.112. The molecule has 6 nitrogen and oxygen atoms in total. The molecule has 0 aromatic rings. The van der Waals surface area contributed by atoms with Crippen LogP contribution in [0.15, 0.2) is 146 Å². The zero-order valence-corrected chi connectivity index (χ0v) is 50.4. The molecule has 0 aliphatic heterocycles. The molecule has 0 aromatic heterocycles. The molecule has 0 radical (unpaired) electrons. The van der Waals surface area contributed by atoms with Gasteiger partial charge in [0.2, 0.25) is 0 Å². The molecule has 0 amide bonds. The normalized spacial score (nSPS) is 13.1. The van der Waals surface area contributed by atoms with E-state index in [4.69, 9.17) is 14.2 Å². The average molecular weight is 1080 g/mol. The highest BCUT2D eigenvalue weighted by Gasteiger charge is 2.19. The minimum Gasteiger partial charge on any atom is -0.462 e. The van der Waals surface area contributed by atoms with Gasteiger partial charge in [0.1, 0.15) is 13.2 Å². The number of esters is 3. The molecule has 0 saturated carbocycles. The van der Waals surface area contributed by atoms with Gasteiger partial charge in [0.15, 0.2) is 6.10 Å². The first-order valence-electron chi connectivity index (χ1n) is 31.8. The summed E-state index contributed by atoms with van der Waals surface area (Å²) < 4.78 is 16.8. The summed E-state index contributed by atoms with van der Waals surface area (Å²) in [6, 6.07) is 0. The third-order valence-corrected chi connectivity index (χ3v) is 13.1. The number of rotatable bonds is 56. The van der Waals surface area contributed by atoms with Gasteiger partial charge in [-0.05, 0) is 96.3 Å². The smallest absolute Gasteiger partial charge is 0.309 e. The Hall–Kier alpha value is -4.71. The predicted octanol–water partition coefficient (Wildman–Crippen LogP) is 21.9. The number of hydrogen-bond acceptors (Lipinski definition) is 6. The number of allylic oxidation sites excluding steroid dienone is 23. The Morgan fingerprint density at radius 3 is 0.885 bits per heavy atom. The van der Waals surface area contributed by atoms with E-state index in [1.165, 1.54) is 122 Å². The van der Waals surface area contributed by atoms with Crippen LogP contribution in [0.25, 0.3) is 0 Å². The molecular weight excluding hydrogens is 961 g/mol. The maximum Gasteiger partial charge on any atom is 0.309 e. The zero-order chi connectivity index (χ0) is 56.4. The molecule has 0 fully saturated rings. The van der Waals surface area contributed by atoms with Crippen LogP contribution in [0.2, 0.25) is 0 Å². The lowest BCUT2D eigenvalue weighted by Gasteiger charge is -2.18. The van der Waals surface area contributed by atoms with E-state index in [-0.39, 0.29) is 38.0 Å². The van der Waals surface area contributed by atoms with Crippen LogP contribution in [0.4, 0.5) is 0 Å². The molecule has 0 aliphatic rings. The second-order valence-corrected chi connectivity index (χ2v) is 20.6. The molecule has 0 bridgehead atoms. The van der Waals surface area contributed by atoms with Crippen molar-refractivity contribution in [2.75, 3.05) is 13.2 Å². The summed E-state index contributed by atoms with van der Waals surface area (Å²) >= 11 is 0. The van der Waals surface area contributed by atoms with E-state index in [2.05, 4.69) is 154 Å². The van der Waals surface area contributed by atoms with Gasteiger partial charge in [-0.15, -0.1) is 0 Å². The van der Waals surface area contributed by atoms with Crippen LogP contribution in [0.5, 0.6) is 0 Å². The molecule has 1 atom stereocenters. The summed E-state index contributed by atoms with van der Waals surface area (Å²) in [5, 5.41) is 0. The number of unbranched alkanes of at least 4 members (excludes halogenated alkanes) is 22. The summed E-state index contributed by atoms with van der Waals surface area (Å²) in [5.74, 6) is -1.12. The molecule has 0 rings (SSSR count). The number of hydrogen-bond donors (Lipinski definition) is 0. The number of ether oxygens (including phenoxy) is 3. The van der Waals surface area contributed by atoms with Crippen LogP contribution in [0.3, 0.4) is 0 Å². The van der Waals surface area contributed by atoms with Gasteiger partial charge in [-0.25, -0.2) is 0 Å². The molecule has 0 aliphatic carbocycles. The molecule has 6 heteroatoms. The van der Waals surface area contributed by atoms with E-state index >= 15 is 0 Å². The van der Waals surface area contributed by atoms with Crippen LogP contribution in [-0.4, -0.2) is 37.2 Å². The standard InChI is InChI=1S/C72H116O6/c1-4-7-10-13-16-19-22-25-28-30-32-34-36-38-39-41-44-47-50-53-56-59-62-65-71(74)77-68-69(67-76-70(73)64-61-58-55-52-49-46-43-27-24-21-18-15-12-9-6-3)78-72(75)66-63-60-57-54-51-48-45-42-40-37-35-33-31-29-26-23-20-17-14-11-8-5-2/h7,9-10,12,16,18-19,21,25,27-28,32,34,38-39,43-44,47,49,52-53,56,58,61,69H,4-6,8,11,13-15,17,20,22-24,26,29-31,33,35-37,40-42,45-46,48,50-51,54-55,57,59-60,62-68H2,1-3H3/b10-7-,12-9-,19-16-,21-18-,28-25-,34-32-,39-38-,43-27-,47-44-,52-49-,56-53-,61-58-. The van der Waals surface area contributed by atoms with Crippen LogP contribution in [0, 0.1) is 0 Å². The van der Waals surface area contributed by atoms with E-state index in [0.29, 0.717) is 12.8 Å². The zero-order valence-electron chi connectivity index (χ0n) is 50.4. The Labute approximate surface area is 480 Å². The van der Waals surface area contributed by atoms with Crippen molar-refractivity contribution in [1.29, 1.82) is 0 Å². The topological polar surface area (TPSA) is 78.9 Å². The van der Waals surface area contributed by atoms with Crippen molar-refractivity contribution in [2.45, 2.75) is 277 Å². The predicted molar refractivity (Wildman–Crippen MR) is 339 cm³/mol. The Kier molecular flexibility index (Phi) is 60.9. The Balaban J connectivity index is 4.53. The Morgan fingerprint density at radius 1 is 0.282 bits per heavy atom. The van der Waals surface area contributed by atoms with E-state index < -0.39 is 12.1 Å². The summed E-state index contributed by atoms with van der Waals surface area (Å²) in [6.45, 7) is 6.29. The summed E-state index contributed by atoms with van der Waals surface area (Å²) in [4.78, 5) is 38.2. The van der Waals surface area contributed by atoms with E-state index in [0.717, 1.165) is 103 Å². The quantitative estimate of drug-likeness (QED) is 0.0261. The lowest BCUT2D eigenvalue weighted by molar-refractivity contribution is -0.166. The van der Waals surface area contributed by atoms with Gasteiger partial charge in [0, 0.05) is 12.8 Å². The molecule has 0 aromatic carbocycles. The second-order valence-electron chi connectivity index (χ2n) is 20.6. The Bertz CT molecular complexity index is 1710. The molecule has 78 heavy (non-hydrogen) atoms. The molecule has 0 saturated heterocycles. The van der Waals surface area contributed by atoms with Gasteiger partial charge in [-0.1, -0.05) is 301 Å². The lowest BCUT2D eigenvalue weighted by atomic mass is 10.0. The van der Waals surface area contributed by atoms with Gasteiger partial charge < -0.3 is 14.2 Å². The summed E-state index contributed by atoms with van der Waals surface area (Å²) in [7, 11) is 0. The van der Waals surface area contributed by atoms with Crippen LogP contribution in [-0.2, 0) is 28.6 Å². The van der Waals surface area contributed by atoms with E-state index in [9.17, 15) is 14.4 Å². The fourth-order valence-electron chi connectivity index (χ4n) is 8.45. The maximum absolute atomic E-state index is 12.9. The number of carbonyl (C=O) groups is 3. The maximum atomic E-state index is 12.9. The molecule has 440 valence electrons. The minimum atomic E-state index is -0.847. The van der Waals surface area contributed by atoms with Gasteiger partial charge >= 0.3 is 17.9 Å². The van der Waals surface area contributed by atoms with Crippen LogP contribution >= 0.6 is 0 Å². The van der Waals surface area contributed by atoms with Crippen molar-refractivity contribution in [1.82, 2.24) is 0 Å². The lowest BCUT2D eigenvalue weighted by Crippen LogP contribution is -2.30. The largest absolute Gasteiger partial charge is 0.462 e. The second kappa shape index (κ2) is 64.8. The van der Waals surface area contributed by atoms with Crippen LogP contribution < -0.4 is 0 Å². The van der Waals surface area contributed by atoms with Crippen molar-refractivity contribution in [3.05, 3.63) is 146 Å². The first kappa shape index (κ1) is 73.3. The highest BCUT2D eigenvalue weighted by atomic mass is 16.6.